The highest BCUT2D eigenvalue weighted by atomic mass is 16.7. The maximum absolute atomic E-state index is 8.47. The van der Waals surface area contributed by atoms with Crippen LogP contribution in [-0.4, -0.2) is 29.2 Å². The molecule has 1 rings (SSSR count). The van der Waals surface area contributed by atoms with Gasteiger partial charge in [0.15, 0.2) is 0 Å². The van der Waals surface area contributed by atoms with Crippen molar-refractivity contribution in [3.8, 4) is 0 Å². The molecule has 2 N–H and O–H groups in total. The van der Waals surface area contributed by atoms with Crippen molar-refractivity contribution in [1.29, 1.82) is 0 Å². The van der Waals surface area contributed by atoms with E-state index in [4.69, 9.17) is 10.2 Å². The minimum absolute atomic E-state index is 0.281. The fourth-order valence-corrected chi connectivity index (χ4v) is 0.175. The predicted octanol–water partition coefficient (Wildman–Crippen LogP) is -1.30. The highest BCUT2D eigenvalue weighted by Gasteiger charge is 2.41. The van der Waals surface area contributed by atoms with Crippen molar-refractivity contribution < 1.29 is 14.9 Å². The summed E-state index contributed by atoms with van der Waals surface area (Å²) in [5.41, 5.74) is 0. The van der Waals surface area contributed by atoms with Crippen molar-refractivity contribution in [2.24, 2.45) is 0 Å². The van der Waals surface area contributed by atoms with Crippen LogP contribution in [0.5, 0.6) is 0 Å². The molecule has 1 aliphatic rings. The minimum Gasteiger partial charge on any atom is -0.391 e. The van der Waals surface area contributed by atoms with Crippen LogP contribution in [0.1, 0.15) is 0 Å². The number of hydrogen-bond donors (Lipinski definition) is 2. The zero-order valence-corrected chi connectivity index (χ0v) is 3.22. The fraction of sp³-hybridized carbons (Fsp3) is 1.00. The van der Waals surface area contributed by atoms with Gasteiger partial charge in [-0.2, -0.15) is 0 Å². The quantitative estimate of drug-likeness (QED) is 0.393. The molecule has 3 heteroatoms. The summed E-state index contributed by atoms with van der Waals surface area (Å²) in [6, 6.07) is 0. The van der Waals surface area contributed by atoms with E-state index < -0.39 is 5.79 Å². The Kier molecular flexibility index (Phi) is 0.629. The van der Waals surface area contributed by atoms with Crippen molar-refractivity contribution in [1.82, 2.24) is 0 Å². The Morgan fingerprint density at radius 3 is 2.33 bits per heavy atom. The van der Waals surface area contributed by atoms with Crippen LogP contribution in [0.4, 0.5) is 0 Å². The van der Waals surface area contributed by atoms with Gasteiger partial charge in [0.1, 0.15) is 6.61 Å². The summed E-state index contributed by atoms with van der Waals surface area (Å²) in [6.07, 6.45) is 0. The van der Waals surface area contributed by atoms with Crippen LogP contribution >= 0.6 is 0 Å². The Bertz CT molecular complexity index is 57.1. The maximum atomic E-state index is 8.47. The molecule has 0 saturated carbocycles. The summed E-state index contributed by atoms with van der Waals surface area (Å²) >= 11 is 0. The number of aliphatic hydroxyl groups is 2. The molecule has 1 unspecified atom stereocenters. The first-order valence-electron chi connectivity index (χ1n) is 1.74. The Balaban J connectivity index is 2.28. The molecule has 1 saturated heterocycles. The average Bonchev–Trinajstić information content (AvgIpc) is 2.22. The van der Waals surface area contributed by atoms with Crippen LogP contribution in [0.25, 0.3) is 0 Å². The number of epoxide rings is 1. The lowest BCUT2D eigenvalue weighted by molar-refractivity contribution is -0.0129. The van der Waals surface area contributed by atoms with Crippen LogP contribution in [0.3, 0.4) is 0 Å². The third-order valence-corrected chi connectivity index (χ3v) is 0.725. The molecular weight excluding hydrogens is 84.0 g/mol. The van der Waals surface area contributed by atoms with Crippen LogP contribution < -0.4 is 0 Å². The molecule has 0 aromatic carbocycles. The van der Waals surface area contributed by atoms with Gasteiger partial charge in [-0.1, -0.05) is 0 Å². The average molecular weight is 90.1 g/mol. The summed E-state index contributed by atoms with van der Waals surface area (Å²) in [6.45, 7) is -0.00347. The van der Waals surface area contributed by atoms with Crippen molar-refractivity contribution in [2.45, 2.75) is 5.79 Å². The normalized spacial score (nSPS) is 43.0. The Morgan fingerprint density at radius 1 is 1.83 bits per heavy atom. The van der Waals surface area contributed by atoms with Crippen LogP contribution in [0.15, 0.2) is 0 Å². The Morgan fingerprint density at radius 2 is 2.33 bits per heavy atom. The first kappa shape index (κ1) is 4.05. The van der Waals surface area contributed by atoms with Crippen molar-refractivity contribution >= 4 is 0 Å². The van der Waals surface area contributed by atoms with Crippen LogP contribution in [0.2, 0.25) is 0 Å². The van der Waals surface area contributed by atoms with E-state index in [0.717, 1.165) is 0 Å². The summed E-state index contributed by atoms with van der Waals surface area (Å²) in [7, 11) is 0. The van der Waals surface area contributed by atoms with Gasteiger partial charge in [-0.3, -0.25) is 0 Å². The van der Waals surface area contributed by atoms with Gasteiger partial charge in [-0.15, -0.1) is 0 Å². The third kappa shape index (κ3) is 0.518. The van der Waals surface area contributed by atoms with E-state index in [0.29, 0.717) is 0 Å². The molecule has 6 heavy (non-hydrogen) atoms. The van der Waals surface area contributed by atoms with Gasteiger partial charge < -0.3 is 14.9 Å². The smallest absolute Gasteiger partial charge is 0.213 e. The first-order chi connectivity index (χ1) is 2.77. The van der Waals surface area contributed by atoms with E-state index in [2.05, 4.69) is 4.74 Å². The molecule has 0 spiro atoms. The zero-order chi connectivity index (χ0) is 4.62. The van der Waals surface area contributed by atoms with Crippen molar-refractivity contribution in [2.75, 3.05) is 13.2 Å². The van der Waals surface area contributed by atoms with Crippen LogP contribution in [-0.2, 0) is 4.74 Å². The van der Waals surface area contributed by atoms with Gasteiger partial charge in [-0.25, -0.2) is 0 Å². The Hall–Kier alpha value is -0.120. The molecule has 0 radical (unpaired) electrons. The topological polar surface area (TPSA) is 53.0 Å². The number of ether oxygens (including phenoxy) is 1. The number of hydrogen-bond acceptors (Lipinski definition) is 3. The van der Waals surface area contributed by atoms with Crippen molar-refractivity contribution in [3.05, 3.63) is 0 Å². The number of aliphatic hydroxyl groups excluding tert-OH is 1. The number of rotatable bonds is 1. The summed E-state index contributed by atoms with van der Waals surface area (Å²) in [4.78, 5) is 0. The fourth-order valence-electron chi connectivity index (χ4n) is 0.175. The van der Waals surface area contributed by atoms with Gasteiger partial charge in [-0.05, 0) is 0 Å². The molecule has 0 aliphatic carbocycles. The molecule has 3 nitrogen and oxygen atoms in total. The lowest BCUT2D eigenvalue weighted by atomic mass is 10.4. The van der Waals surface area contributed by atoms with E-state index in [1.807, 2.05) is 0 Å². The molecule has 0 amide bonds. The highest BCUT2D eigenvalue weighted by Crippen LogP contribution is 2.20. The second-order valence-corrected chi connectivity index (χ2v) is 1.39. The molecule has 0 aromatic heterocycles. The van der Waals surface area contributed by atoms with Gasteiger partial charge in [0.25, 0.3) is 0 Å². The Labute approximate surface area is 35.2 Å². The second kappa shape index (κ2) is 0.932. The van der Waals surface area contributed by atoms with E-state index in [9.17, 15) is 0 Å². The van der Waals surface area contributed by atoms with Crippen molar-refractivity contribution in [3.63, 3.8) is 0 Å². The lowest BCUT2D eigenvalue weighted by Crippen LogP contribution is -2.13. The van der Waals surface area contributed by atoms with E-state index >= 15 is 0 Å². The van der Waals surface area contributed by atoms with Gasteiger partial charge in [0.2, 0.25) is 5.79 Å². The molecule has 1 fully saturated rings. The largest absolute Gasteiger partial charge is 0.391 e. The lowest BCUT2D eigenvalue weighted by Gasteiger charge is -1.91. The van der Waals surface area contributed by atoms with E-state index in [-0.39, 0.29) is 13.2 Å². The molecule has 36 valence electrons. The standard InChI is InChI=1S/C3H6O3/c4-1-3(5)2-6-3/h4-5H,1-2H2. The van der Waals surface area contributed by atoms with Gasteiger partial charge >= 0.3 is 0 Å². The zero-order valence-electron chi connectivity index (χ0n) is 3.22. The first-order valence-corrected chi connectivity index (χ1v) is 1.74. The molecule has 0 aromatic rings. The maximum Gasteiger partial charge on any atom is 0.213 e. The molecule has 1 aliphatic heterocycles. The van der Waals surface area contributed by atoms with Gasteiger partial charge in [0, 0.05) is 0 Å². The molecule has 0 bridgehead atoms. The van der Waals surface area contributed by atoms with Gasteiger partial charge in [0.05, 0.1) is 6.61 Å². The molecule has 1 heterocycles. The third-order valence-electron chi connectivity index (χ3n) is 0.725. The summed E-state index contributed by atoms with van der Waals surface area (Å²) < 4.78 is 4.35. The monoisotopic (exact) mass is 90.0 g/mol. The van der Waals surface area contributed by atoms with Crippen LogP contribution in [0, 0.1) is 0 Å². The molecule has 1 atom stereocenters. The second-order valence-electron chi connectivity index (χ2n) is 1.39. The van der Waals surface area contributed by atoms with E-state index in [1.165, 1.54) is 0 Å². The SMILES string of the molecule is OCC1(O)CO1. The summed E-state index contributed by atoms with van der Waals surface area (Å²) in [5.74, 6) is -1.15. The molecular formula is C3H6O3. The minimum atomic E-state index is -1.15. The highest BCUT2D eigenvalue weighted by molar-refractivity contribution is 4.76. The predicted molar refractivity (Wildman–Crippen MR) is 18.0 cm³/mol. The van der Waals surface area contributed by atoms with E-state index in [1.54, 1.807) is 0 Å². The summed E-state index contributed by atoms with van der Waals surface area (Å²) in [5, 5.41) is 16.6.